The summed E-state index contributed by atoms with van der Waals surface area (Å²) in [6, 6.07) is 75.2. The molecule has 0 aliphatic rings. The number of para-hydroxylation sites is 2. The van der Waals surface area contributed by atoms with Crippen LogP contribution in [-0.4, -0.2) is 14.1 Å². The van der Waals surface area contributed by atoms with Crippen molar-refractivity contribution in [1.82, 2.24) is 14.1 Å². The van der Waals surface area contributed by atoms with Crippen LogP contribution < -0.4 is 0 Å². The van der Waals surface area contributed by atoms with E-state index in [1.807, 2.05) is 0 Å². The van der Waals surface area contributed by atoms with E-state index in [2.05, 4.69) is 220 Å². The molecule has 0 saturated heterocycles. The summed E-state index contributed by atoms with van der Waals surface area (Å²) in [6.07, 6.45) is 0. The molecule has 0 aliphatic carbocycles. The molecule has 57 heavy (non-hydrogen) atoms. The molecule has 0 bridgehead atoms. The van der Waals surface area contributed by atoms with Gasteiger partial charge in [0.15, 0.2) is 0 Å². The fourth-order valence-corrected chi connectivity index (χ4v) is 9.14. The van der Waals surface area contributed by atoms with Gasteiger partial charge in [0, 0.05) is 54.7 Å². The van der Waals surface area contributed by atoms with E-state index in [0.717, 1.165) is 22.4 Å². The van der Waals surface area contributed by atoms with Crippen LogP contribution in [0.3, 0.4) is 0 Å². The summed E-state index contributed by atoms with van der Waals surface area (Å²) < 4.78 is 4.84. The molecule has 0 radical (unpaired) electrons. The number of H-pyrrole nitrogens is 1. The maximum atomic E-state index is 3.70. The van der Waals surface area contributed by atoms with Crippen LogP contribution in [0.1, 0.15) is 0 Å². The zero-order chi connectivity index (χ0) is 37.5. The second-order valence-corrected chi connectivity index (χ2v) is 15.1. The molecule has 3 nitrogen and oxygen atoms in total. The number of benzene rings is 9. The van der Waals surface area contributed by atoms with E-state index in [4.69, 9.17) is 0 Å². The van der Waals surface area contributed by atoms with E-state index in [1.165, 1.54) is 87.8 Å². The number of nitrogens with one attached hydrogen (secondary N) is 1. The van der Waals surface area contributed by atoms with Gasteiger partial charge in [-0.15, -0.1) is 0 Å². The lowest BCUT2D eigenvalue weighted by Crippen LogP contribution is -1.94. The Hall–Kier alpha value is -7.62. The van der Waals surface area contributed by atoms with E-state index < -0.39 is 0 Å². The number of aromatic amines is 1. The van der Waals surface area contributed by atoms with Gasteiger partial charge in [0.05, 0.1) is 22.1 Å². The predicted molar refractivity (Wildman–Crippen MR) is 241 cm³/mol. The summed E-state index contributed by atoms with van der Waals surface area (Å²) in [4.78, 5) is 3.70. The smallest absolute Gasteiger partial charge is 0.0562 e. The normalized spacial score (nSPS) is 11.9. The minimum absolute atomic E-state index is 1.14. The summed E-state index contributed by atoms with van der Waals surface area (Å²) in [5.74, 6) is 0. The SMILES string of the molecule is c1ccc(-c2ccc(-n3c4ccc(-c5ccc6c(c5)c5ccccc5n6-c5cccc(-c6ccccc6)c5)cc4c4cc5c(cc43)[nH]c3ccccc35)cc2)cc1. The molecule has 0 saturated carbocycles. The number of hydrogen-bond donors (Lipinski definition) is 1. The van der Waals surface area contributed by atoms with Crippen molar-refractivity contribution in [1.29, 1.82) is 0 Å². The minimum Gasteiger partial charge on any atom is -0.354 e. The summed E-state index contributed by atoms with van der Waals surface area (Å²) in [7, 11) is 0. The van der Waals surface area contributed by atoms with Crippen LogP contribution in [0.25, 0.3) is 110 Å². The van der Waals surface area contributed by atoms with E-state index in [9.17, 15) is 0 Å². The van der Waals surface area contributed by atoms with E-state index in [-0.39, 0.29) is 0 Å². The molecule has 12 rings (SSSR count). The molecule has 3 heteroatoms. The van der Waals surface area contributed by atoms with Crippen LogP contribution >= 0.6 is 0 Å². The highest BCUT2D eigenvalue weighted by molar-refractivity contribution is 6.19. The standard InChI is InChI=1S/C54H35N3/c1-3-12-35(13-4-1)37-22-26-41(27-23-37)56-53-29-25-40(32-47(53)48-33-45-43-18-7-9-20-49(43)55-50(45)34-54(48)56)39-24-28-52-46(31-39)44-19-8-10-21-51(44)57(52)42-17-11-16-38(30-42)36-14-5-2-6-15-36/h1-34,55H. The van der Waals surface area contributed by atoms with Crippen molar-refractivity contribution >= 4 is 65.4 Å². The number of hydrogen-bond acceptors (Lipinski definition) is 0. The quantitative estimate of drug-likeness (QED) is 0.183. The molecule has 3 heterocycles. The third kappa shape index (κ3) is 4.99. The predicted octanol–water partition coefficient (Wildman–Crippen LogP) is 14.5. The Balaban J connectivity index is 1.05. The summed E-state index contributed by atoms with van der Waals surface area (Å²) in [5, 5.41) is 7.46. The largest absolute Gasteiger partial charge is 0.354 e. The molecule has 0 fully saturated rings. The van der Waals surface area contributed by atoms with Gasteiger partial charge in [-0.05, 0) is 106 Å². The lowest BCUT2D eigenvalue weighted by atomic mass is 10.00. The molecule has 0 amide bonds. The van der Waals surface area contributed by atoms with Gasteiger partial charge in [0.2, 0.25) is 0 Å². The second-order valence-electron chi connectivity index (χ2n) is 15.1. The topological polar surface area (TPSA) is 25.6 Å². The van der Waals surface area contributed by atoms with Crippen molar-refractivity contribution in [3.63, 3.8) is 0 Å². The molecule has 0 atom stereocenters. The number of fused-ring (bicyclic) bond motifs is 9. The zero-order valence-corrected chi connectivity index (χ0v) is 31.0. The summed E-state index contributed by atoms with van der Waals surface area (Å²) in [5.41, 5.74) is 16.6. The molecule has 12 aromatic rings. The first-order valence-electron chi connectivity index (χ1n) is 19.6. The summed E-state index contributed by atoms with van der Waals surface area (Å²) >= 11 is 0. The van der Waals surface area contributed by atoms with Gasteiger partial charge in [-0.1, -0.05) is 133 Å². The maximum absolute atomic E-state index is 3.70. The molecule has 1 N–H and O–H groups in total. The van der Waals surface area contributed by atoms with Gasteiger partial charge in [-0.2, -0.15) is 0 Å². The first kappa shape index (κ1) is 31.7. The highest BCUT2D eigenvalue weighted by Gasteiger charge is 2.18. The molecular weight excluding hydrogens is 691 g/mol. The van der Waals surface area contributed by atoms with E-state index in [1.54, 1.807) is 0 Å². The van der Waals surface area contributed by atoms with Crippen LogP contribution in [0.5, 0.6) is 0 Å². The van der Waals surface area contributed by atoms with Crippen molar-refractivity contribution in [2.45, 2.75) is 0 Å². The minimum atomic E-state index is 1.14. The monoisotopic (exact) mass is 725 g/mol. The molecule has 0 unspecified atom stereocenters. The Kier molecular flexibility index (Phi) is 6.93. The maximum Gasteiger partial charge on any atom is 0.0562 e. The van der Waals surface area contributed by atoms with Crippen LogP contribution in [-0.2, 0) is 0 Å². The van der Waals surface area contributed by atoms with Crippen molar-refractivity contribution in [3.8, 4) is 44.8 Å². The first-order chi connectivity index (χ1) is 28.2. The third-order valence-electron chi connectivity index (χ3n) is 11.8. The molecule has 0 aliphatic heterocycles. The molecule has 0 spiro atoms. The zero-order valence-electron chi connectivity index (χ0n) is 31.0. The van der Waals surface area contributed by atoms with Gasteiger partial charge >= 0.3 is 0 Å². The molecule has 266 valence electrons. The molecule has 3 aromatic heterocycles. The molecular formula is C54H35N3. The average molecular weight is 726 g/mol. The first-order valence-corrected chi connectivity index (χ1v) is 19.6. The number of nitrogens with zero attached hydrogens (tertiary/aromatic N) is 2. The van der Waals surface area contributed by atoms with Gasteiger partial charge in [-0.25, -0.2) is 0 Å². The van der Waals surface area contributed by atoms with Crippen LogP contribution in [0.2, 0.25) is 0 Å². The van der Waals surface area contributed by atoms with Gasteiger partial charge in [0.1, 0.15) is 0 Å². The van der Waals surface area contributed by atoms with Crippen LogP contribution in [0, 0.1) is 0 Å². The van der Waals surface area contributed by atoms with Crippen molar-refractivity contribution in [3.05, 3.63) is 206 Å². The molecule has 9 aromatic carbocycles. The van der Waals surface area contributed by atoms with Crippen LogP contribution in [0.15, 0.2) is 206 Å². The van der Waals surface area contributed by atoms with Crippen molar-refractivity contribution in [2.75, 3.05) is 0 Å². The second kappa shape index (κ2) is 12.5. The fraction of sp³-hybridized carbons (Fsp3) is 0. The lowest BCUT2D eigenvalue weighted by Gasteiger charge is -2.11. The average Bonchev–Trinajstić information content (AvgIpc) is 3.93. The third-order valence-corrected chi connectivity index (χ3v) is 11.8. The Morgan fingerprint density at radius 1 is 0.246 bits per heavy atom. The van der Waals surface area contributed by atoms with E-state index in [0.29, 0.717) is 0 Å². The van der Waals surface area contributed by atoms with Crippen molar-refractivity contribution < 1.29 is 0 Å². The van der Waals surface area contributed by atoms with Crippen molar-refractivity contribution in [2.24, 2.45) is 0 Å². The van der Waals surface area contributed by atoms with Gasteiger partial charge < -0.3 is 14.1 Å². The van der Waals surface area contributed by atoms with Crippen LogP contribution in [0.4, 0.5) is 0 Å². The highest BCUT2D eigenvalue weighted by atomic mass is 15.0. The highest BCUT2D eigenvalue weighted by Crippen LogP contribution is 2.41. The van der Waals surface area contributed by atoms with Gasteiger partial charge in [-0.3, -0.25) is 0 Å². The number of rotatable bonds is 5. The lowest BCUT2D eigenvalue weighted by molar-refractivity contribution is 1.18. The summed E-state index contributed by atoms with van der Waals surface area (Å²) in [6.45, 7) is 0. The Labute approximate surface area is 329 Å². The fourth-order valence-electron chi connectivity index (χ4n) is 9.14. The van der Waals surface area contributed by atoms with E-state index >= 15 is 0 Å². The Morgan fingerprint density at radius 3 is 1.49 bits per heavy atom. The number of aromatic nitrogens is 3. The van der Waals surface area contributed by atoms with Gasteiger partial charge in [0.25, 0.3) is 0 Å². The Bertz CT molecular complexity index is 3490. The Morgan fingerprint density at radius 2 is 0.754 bits per heavy atom.